The molecule has 1 fully saturated rings. The smallest absolute Gasteiger partial charge is 0.345 e. The van der Waals surface area contributed by atoms with Crippen molar-refractivity contribution in [1.29, 1.82) is 0 Å². The van der Waals surface area contributed by atoms with Crippen molar-refractivity contribution in [1.82, 2.24) is 15.5 Å². The summed E-state index contributed by atoms with van der Waals surface area (Å²) in [5, 5.41) is 11.3. The number of nitrogens with one attached hydrogen (secondary N) is 1. The summed E-state index contributed by atoms with van der Waals surface area (Å²) in [5.41, 5.74) is 0. The molecule has 0 bridgehead atoms. The highest BCUT2D eigenvalue weighted by molar-refractivity contribution is 9.10. The summed E-state index contributed by atoms with van der Waals surface area (Å²) in [7, 11) is 0. The minimum absolute atomic E-state index is 0.282. The highest BCUT2D eigenvalue weighted by Gasteiger charge is 2.46. The third kappa shape index (κ3) is 3.50. The van der Waals surface area contributed by atoms with Crippen LogP contribution in [0.1, 0.15) is 12.8 Å². The molecule has 122 valence electrons. The van der Waals surface area contributed by atoms with Crippen LogP contribution in [0.2, 0.25) is 0 Å². The van der Waals surface area contributed by atoms with Crippen LogP contribution in [0.3, 0.4) is 0 Å². The number of rotatable bonds is 1. The van der Waals surface area contributed by atoms with Gasteiger partial charge in [0.25, 0.3) is 0 Å². The number of hydrogen-bond donors (Lipinski definition) is 1. The van der Waals surface area contributed by atoms with Gasteiger partial charge in [-0.05, 0) is 41.0 Å². The second kappa shape index (κ2) is 6.63. The van der Waals surface area contributed by atoms with Gasteiger partial charge in [0.2, 0.25) is 0 Å². The third-order valence-electron chi connectivity index (χ3n) is 3.53. The average Bonchev–Trinajstić information content (AvgIpc) is 2.65. The molecule has 9 heteroatoms. The van der Waals surface area contributed by atoms with Gasteiger partial charge in [-0.2, -0.15) is 0 Å². The standard InChI is InChI=1S/C14H15BrN4O4/c15-10-2-3-11(18-17-10)19-9-1-7-16-8-6-14(19)22-12(20)4-5-13(21)23-14/h2-5,16H,1,6-9H2. The van der Waals surface area contributed by atoms with Crippen LogP contribution in [0.5, 0.6) is 0 Å². The van der Waals surface area contributed by atoms with Crippen LogP contribution in [0.25, 0.3) is 0 Å². The van der Waals surface area contributed by atoms with Crippen molar-refractivity contribution < 1.29 is 19.1 Å². The molecular weight excluding hydrogens is 368 g/mol. The van der Waals surface area contributed by atoms with Gasteiger partial charge in [-0.15, -0.1) is 10.2 Å². The van der Waals surface area contributed by atoms with E-state index in [1.807, 2.05) is 0 Å². The number of halogens is 1. The first kappa shape index (κ1) is 15.9. The summed E-state index contributed by atoms with van der Waals surface area (Å²) in [5.74, 6) is -2.33. The molecular formula is C14H15BrN4O4. The number of anilines is 1. The number of hydrogen-bond acceptors (Lipinski definition) is 8. The maximum Gasteiger partial charge on any atom is 0.345 e. The van der Waals surface area contributed by atoms with Gasteiger partial charge in [0.05, 0.1) is 6.42 Å². The van der Waals surface area contributed by atoms with E-state index in [2.05, 4.69) is 31.4 Å². The van der Waals surface area contributed by atoms with Crippen molar-refractivity contribution in [2.75, 3.05) is 24.5 Å². The van der Waals surface area contributed by atoms with Crippen LogP contribution in [0, 0.1) is 0 Å². The first-order valence-electron chi connectivity index (χ1n) is 7.21. The Morgan fingerprint density at radius 3 is 2.52 bits per heavy atom. The lowest BCUT2D eigenvalue weighted by Gasteiger charge is -2.42. The van der Waals surface area contributed by atoms with Gasteiger partial charge >= 0.3 is 17.8 Å². The van der Waals surface area contributed by atoms with Gasteiger partial charge in [0.1, 0.15) is 4.60 Å². The van der Waals surface area contributed by atoms with E-state index in [0.29, 0.717) is 23.5 Å². The average molecular weight is 383 g/mol. The van der Waals surface area contributed by atoms with Gasteiger partial charge in [-0.1, -0.05) is 0 Å². The summed E-state index contributed by atoms with van der Waals surface area (Å²) < 4.78 is 11.5. The van der Waals surface area contributed by atoms with Crippen LogP contribution in [0.15, 0.2) is 28.9 Å². The van der Waals surface area contributed by atoms with Crippen molar-refractivity contribution in [2.45, 2.75) is 18.8 Å². The molecule has 0 saturated carbocycles. The largest absolute Gasteiger partial charge is 0.400 e. The molecule has 0 aliphatic carbocycles. The van der Waals surface area contributed by atoms with E-state index >= 15 is 0 Å². The summed E-state index contributed by atoms with van der Waals surface area (Å²) in [6.45, 7) is 1.82. The lowest BCUT2D eigenvalue weighted by atomic mass is 10.2. The van der Waals surface area contributed by atoms with Crippen LogP contribution in [0.4, 0.5) is 5.82 Å². The zero-order valence-electron chi connectivity index (χ0n) is 12.2. The molecule has 2 aliphatic rings. The second-order valence-corrected chi connectivity index (χ2v) is 5.92. The summed E-state index contributed by atoms with van der Waals surface area (Å²) >= 11 is 3.23. The van der Waals surface area contributed by atoms with Crippen LogP contribution in [-0.2, 0) is 19.1 Å². The van der Waals surface area contributed by atoms with Gasteiger partial charge in [-0.3, -0.25) is 4.90 Å². The van der Waals surface area contributed by atoms with Crippen molar-refractivity contribution >= 4 is 33.7 Å². The van der Waals surface area contributed by atoms with E-state index < -0.39 is 17.8 Å². The molecule has 1 aromatic heterocycles. The monoisotopic (exact) mass is 382 g/mol. The molecule has 23 heavy (non-hydrogen) atoms. The van der Waals surface area contributed by atoms with Gasteiger partial charge < -0.3 is 14.8 Å². The Labute approximate surface area is 141 Å². The molecule has 2 aliphatic heterocycles. The second-order valence-electron chi connectivity index (χ2n) is 5.11. The number of esters is 2. The fourth-order valence-electron chi connectivity index (χ4n) is 2.53. The number of ether oxygens (including phenoxy) is 2. The molecule has 0 amide bonds. The minimum atomic E-state index is -1.53. The fraction of sp³-hybridized carbons (Fsp3) is 0.429. The molecule has 0 atom stereocenters. The summed E-state index contributed by atoms with van der Waals surface area (Å²) in [6, 6.07) is 3.46. The van der Waals surface area contributed by atoms with E-state index in [1.54, 1.807) is 17.0 Å². The Balaban J connectivity index is 2.01. The number of aromatic nitrogens is 2. The van der Waals surface area contributed by atoms with Crippen LogP contribution < -0.4 is 10.2 Å². The van der Waals surface area contributed by atoms with Crippen molar-refractivity contribution in [2.24, 2.45) is 0 Å². The Hall–Kier alpha value is -2.00. The van der Waals surface area contributed by atoms with Gasteiger partial charge in [0, 0.05) is 25.2 Å². The predicted octanol–water partition coefficient (Wildman–Crippen LogP) is 0.739. The molecule has 1 saturated heterocycles. The normalized spacial score (nSPS) is 21.2. The highest BCUT2D eigenvalue weighted by atomic mass is 79.9. The molecule has 1 spiro atoms. The van der Waals surface area contributed by atoms with E-state index in [4.69, 9.17) is 9.47 Å². The lowest BCUT2D eigenvalue weighted by molar-refractivity contribution is -0.223. The molecule has 1 aromatic rings. The van der Waals surface area contributed by atoms with E-state index in [9.17, 15) is 9.59 Å². The predicted molar refractivity (Wildman–Crippen MR) is 83.2 cm³/mol. The van der Waals surface area contributed by atoms with Gasteiger partial charge in [0.15, 0.2) is 5.82 Å². The van der Waals surface area contributed by atoms with Crippen molar-refractivity contribution in [3.63, 3.8) is 0 Å². The first-order chi connectivity index (χ1) is 11.1. The molecule has 0 aromatic carbocycles. The zero-order valence-corrected chi connectivity index (χ0v) is 13.8. The van der Waals surface area contributed by atoms with Gasteiger partial charge in [-0.25, -0.2) is 9.59 Å². The van der Waals surface area contributed by atoms with Crippen molar-refractivity contribution in [3.05, 3.63) is 28.9 Å². The Morgan fingerprint density at radius 1 is 1.13 bits per heavy atom. The van der Waals surface area contributed by atoms with E-state index in [1.165, 1.54) is 0 Å². The Bertz CT molecular complexity index is 614. The minimum Gasteiger partial charge on any atom is -0.400 e. The topological polar surface area (TPSA) is 93.7 Å². The Kier molecular flexibility index (Phi) is 4.58. The summed E-state index contributed by atoms with van der Waals surface area (Å²) in [4.78, 5) is 25.5. The van der Waals surface area contributed by atoms with E-state index in [-0.39, 0.29) is 6.42 Å². The maximum atomic E-state index is 11.9. The fourth-order valence-corrected chi connectivity index (χ4v) is 2.74. The number of nitrogens with zero attached hydrogens (tertiary/aromatic N) is 3. The summed E-state index contributed by atoms with van der Waals surface area (Å²) in [6.07, 6.45) is 3.18. The Morgan fingerprint density at radius 2 is 1.87 bits per heavy atom. The molecule has 0 unspecified atom stereocenters. The third-order valence-corrected chi connectivity index (χ3v) is 3.96. The lowest BCUT2D eigenvalue weighted by Crippen LogP contribution is -2.58. The molecule has 8 nitrogen and oxygen atoms in total. The molecule has 0 radical (unpaired) electrons. The SMILES string of the molecule is O=C1C=CC(=O)OC2(CCNCCCN2c2ccc(Br)nn2)O1. The highest BCUT2D eigenvalue weighted by Crippen LogP contribution is 2.31. The van der Waals surface area contributed by atoms with E-state index in [0.717, 1.165) is 25.1 Å². The number of carbonyl (C=O) groups excluding carboxylic acids is 2. The van der Waals surface area contributed by atoms with Crippen molar-refractivity contribution in [3.8, 4) is 0 Å². The number of carbonyl (C=O) groups is 2. The quantitative estimate of drug-likeness (QED) is 0.710. The molecule has 3 heterocycles. The van der Waals surface area contributed by atoms with Crippen LogP contribution >= 0.6 is 15.9 Å². The van der Waals surface area contributed by atoms with Crippen LogP contribution in [-0.4, -0.2) is 47.7 Å². The zero-order chi connectivity index (χ0) is 16.3. The molecule has 1 N–H and O–H groups in total. The first-order valence-corrected chi connectivity index (χ1v) is 8.00. The molecule has 3 rings (SSSR count). The maximum absolute atomic E-state index is 11.9.